The molecular formula is C57H40. The average Bonchev–Trinajstić information content (AvgIpc) is 3.51. The number of hydrogen-bond donors (Lipinski definition) is 0. The third-order valence-corrected chi connectivity index (χ3v) is 12.5. The molecule has 0 unspecified atom stereocenters. The van der Waals surface area contributed by atoms with Gasteiger partial charge < -0.3 is 0 Å². The Balaban J connectivity index is 1.18. The quantitative estimate of drug-likeness (QED) is 0.155. The first-order valence-corrected chi connectivity index (χ1v) is 20.0. The second-order valence-electron chi connectivity index (χ2n) is 16.0. The summed E-state index contributed by atoms with van der Waals surface area (Å²) in [6.45, 7) is 4.75. The fraction of sp³-hybridized carbons (Fsp3) is 0.0526. The summed E-state index contributed by atoms with van der Waals surface area (Å²) >= 11 is 0. The van der Waals surface area contributed by atoms with Crippen molar-refractivity contribution < 1.29 is 0 Å². The third-order valence-electron chi connectivity index (χ3n) is 12.5. The molecular weight excluding hydrogens is 685 g/mol. The molecule has 0 radical (unpaired) electrons. The summed E-state index contributed by atoms with van der Waals surface area (Å²) in [5, 5.41) is 7.56. The lowest BCUT2D eigenvalue weighted by molar-refractivity contribution is 0.660. The van der Waals surface area contributed by atoms with Crippen LogP contribution in [0.15, 0.2) is 206 Å². The van der Waals surface area contributed by atoms with Crippen molar-refractivity contribution in [2.24, 2.45) is 0 Å². The van der Waals surface area contributed by atoms with Crippen LogP contribution < -0.4 is 0 Å². The van der Waals surface area contributed by atoms with Crippen molar-refractivity contribution in [2.45, 2.75) is 19.3 Å². The zero-order chi connectivity index (χ0) is 38.1. The van der Waals surface area contributed by atoms with Crippen LogP contribution in [-0.4, -0.2) is 0 Å². The highest BCUT2D eigenvalue weighted by atomic mass is 14.4. The third kappa shape index (κ3) is 5.36. The smallest absolute Gasteiger partial charge is 0.0159 e. The van der Waals surface area contributed by atoms with E-state index in [4.69, 9.17) is 0 Å². The van der Waals surface area contributed by atoms with Gasteiger partial charge in [0.1, 0.15) is 0 Å². The van der Waals surface area contributed by atoms with Gasteiger partial charge >= 0.3 is 0 Å². The lowest BCUT2D eigenvalue weighted by Gasteiger charge is -2.23. The molecule has 10 aromatic carbocycles. The summed E-state index contributed by atoms with van der Waals surface area (Å²) < 4.78 is 0. The summed E-state index contributed by atoms with van der Waals surface area (Å²) in [5.41, 5.74) is 17.8. The maximum Gasteiger partial charge on any atom is 0.0159 e. The van der Waals surface area contributed by atoms with E-state index < -0.39 is 0 Å². The topological polar surface area (TPSA) is 0 Å². The maximum absolute atomic E-state index is 2.46. The van der Waals surface area contributed by atoms with Gasteiger partial charge in [-0.1, -0.05) is 202 Å². The summed E-state index contributed by atoms with van der Waals surface area (Å²) in [7, 11) is 0. The van der Waals surface area contributed by atoms with E-state index in [2.05, 4.69) is 220 Å². The van der Waals surface area contributed by atoms with Crippen LogP contribution >= 0.6 is 0 Å². The molecule has 268 valence electrons. The molecule has 0 atom stereocenters. The molecule has 0 N–H and O–H groups in total. The summed E-state index contributed by atoms with van der Waals surface area (Å²) in [4.78, 5) is 0. The first-order chi connectivity index (χ1) is 28.0. The summed E-state index contributed by atoms with van der Waals surface area (Å²) in [5.74, 6) is 0. The van der Waals surface area contributed by atoms with Crippen LogP contribution in [-0.2, 0) is 5.41 Å². The number of benzene rings is 10. The first kappa shape index (κ1) is 33.3. The molecule has 0 bridgehead atoms. The van der Waals surface area contributed by atoms with Gasteiger partial charge in [0.15, 0.2) is 0 Å². The van der Waals surface area contributed by atoms with Crippen LogP contribution in [0.25, 0.3) is 99.1 Å². The van der Waals surface area contributed by atoms with Gasteiger partial charge in [-0.2, -0.15) is 0 Å². The Morgan fingerprint density at radius 2 is 0.772 bits per heavy atom. The Morgan fingerprint density at radius 1 is 0.263 bits per heavy atom. The Morgan fingerprint density at radius 3 is 1.60 bits per heavy atom. The molecule has 0 heterocycles. The van der Waals surface area contributed by atoms with E-state index in [9.17, 15) is 0 Å². The van der Waals surface area contributed by atoms with Crippen LogP contribution in [0.1, 0.15) is 25.0 Å². The Kier molecular flexibility index (Phi) is 7.63. The molecule has 0 saturated heterocycles. The molecule has 57 heavy (non-hydrogen) atoms. The molecule has 0 aliphatic heterocycles. The minimum atomic E-state index is -0.0938. The van der Waals surface area contributed by atoms with E-state index in [1.54, 1.807) is 0 Å². The Bertz CT molecular complexity index is 3180. The van der Waals surface area contributed by atoms with Gasteiger partial charge in [0.2, 0.25) is 0 Å². The fourth-order valence-electron chi connectivity index (χ4n) is 9.63. The second kappa shape index (κ2) is 13.0. The zero-order valence-corrected chi connectivity index (χ0v) is 32.1. The lowest BCUT2D eigenvalue weighted by Crippen LogP contribution is -2.14. The zero-order valence-electron chi connectivity index (χ0n) is 32.1. The molecule has 11 rings (SSSR count). The van der Waals surface area contributed by atoms with E-state index in [-0.39, 0.29) is 5.41 Å². The average molecular weight is 725 g/mol. The number of rotatable bonds is 5. The van der Waals surface area contributed by atoms with Crippen molar-refractivity contribution in [3.8, 4) is 66.8 Å². The van der Waals surface area contributed by atoms with Gasteiger partial charge in [0.25, 0.3) is 0 Å². The van der Waals surface area contributed by atoms with Crippen LogP contribution in [0.5, 0.6) is 0 Å². The van der Waals surface area contributed by atoms with Crippen molar-refractivity contribution in [2.75, 3.05) is 0 Å². The molecule has 0 amide bonds. The molecule has 0 heteroatoms. The Labute approximate surface area is 334 Å². The van der Waals surface area contributed by atoms with Gasteiger partial charge in [-0.25, -0.2) is 0 Å². The number of hydrogen-bond acceptors (Lipinski definition) is 0. The lowest BCUT2D eigenvalue weighted by atomic mass is 9.80. The van der Waals surface area contributed by atoms with Gasteiger partial charge in [-0.05, 0) is 128 Å². The fourth-order valence-corrected chi connectivity index (χ4v) is 9.63. The normalized spacial score (nSPS) is 12.9. The van der Waals surface area contributed by atoms with Crippen molar-refractivity contribution in [3.63, 3.8) is 0 Å². The van der Waals surface area contributed by atoms with Crippen LogP contribution in [0.2, 0.25) is 0 Å². The van der Waals surface area contributed by atoms with Crippen LogP contribution in [0.3, 0.4) is 0 Å². The van der Waals surface area contributed by atoms with Crippen molar-refractivity contribution in [3.05, 3.63) is 217 Å². The van der Waals surface area contributed by atoms with E-state index in [0.717, 1.165) is 0 Å². The SMILES string of the molecule is CC1(C)c2ccccc2-c2c(-c3c4ccccc4c(-c4cccc(-c5ccc(-c6ccccc6)cc5)c4)c4ccc(-c5ccc6ccccc6c5)cc34)cccc21. The second-order valence-corrected chi connectivity index (χ2v) is 16.0. The first-order valence-electron chi connectivity index (χ1n) is 20.0. The molecule has 1 aliphatic carbocycles. The predicted octanol–water partition coefficient (Wildman–Crippen LogP) is 15.8. The summed E-state index contributed by atoms with van der Waals surface area (Å²) in [6, 6.07) is 76.5. The van der Waals surface area contributed by atoms with E-state index in [1.165, 1.54) is 110 Å². The molecule has 0 spiro atoms. The standard InChI is InChI=1S/C57H40/c1-57(2)52-24-11-10-22-49(52)56-50(23-13-25-53(56)57)55-47-21-9-8-20-46(47)54(48-33-32-44(36-51(48)55)43-31-30-38-16-6-7-17-41(38)34-43)45-19-12-18-42(35-45)40-28-26-39(27-29-40)37-14-4-3-5-15-37/h3-36H,1-2H3. The van der Waals surface area contributed by atoms with Gasteiger partial charge in [-0.15, -0.1) is 0 Å². The van der Waals surface area contributed by atoms with E-state index in [0.29, 0.717) is 0 Å². The van der Waals surface area contributed by atoms with E-state index >= 15 is 0 Å². The molecule has 10 aromatic rings. The molecule has 1 aliphatic rings. The van der Waals surface area contributed by atoms with E-state index in [1.807, 2.05) is 0 Å². The molecule has 0 nitrogen and oxygen atoms in total. The highest BCUT2D eigenvalue weighted by Gasteiger charge is 2.37. The highest BCUT2D eigenvalue weighted by molar-refractivity contribution is 6.23. The van der Waals surface area contributed by atoms with Crippen molar-refractivity contribution in [1.29, 1.82) is 0 Å². The largest absolute Gasteiger partial charge is 0.0622 e. The van der Waals surface area contributed by atoms with Crippen molar-refractivity contribution >= 4 is 32.3 Å². The monoisotopic (exact) mass is 724 g/mol. The predicted molar refractivity (Wildman–Crippen MR) is 244 cm³/mol. The van der Waals surface area contributed by atoms with Crippen LogP contribution in [0, 0.1) is 0 Å². The van der Waals surface area contributed by atoms with Crippen LogP contribution in [0.4, 0.5) is 0 Å². The van der Waals surface area contributed by atoms with Gasteiger partial charge in [-0.3, -0.25) is 0 Å². The number of fused-ring (bicyclic) bond motifs is 6. The Hall–Kier alpha value is -7.02. The summed E-state index contributed by atoms with van der Waals surface area (Å²) in [6.07, 6.45) is 0. The highest BCUT2D eigenvalue weighted by Crippen LogP contribution is 2.54. The van der Waals surface area contributed by atoms with Gasteiger partial charge in [0, 0.05) is 5.41 Å². The molecule has 0 saturated carbocycles. The molecule has 0 aromatic heterocycles. The molecule has 0 fully saturated rings. The van der Waals surface area contributed by atoms with Crippen molar-refractivity contribution in [1.82, 2.24) is 0 Å². The minimum absolute atomic E-state index is 0.0938. The van der Waals surface area contributed by atoms with Gasteiger partial charge in [0.05, 0.1) is 0 Å². The minimum Gasteiger partial charge on any atom is -0.0622 e. The maximum atomic E-state index is 2.46.